The number of nitrogens with zero attached hydrogens (tertiary/aromatic N) is 4. The number of nitrogens with one attached hydrogen (secondary N) is 3. The number of H-pyrrole nitrogens is 1. The molecule has 4 aromatic rings. The molecule has 0 bridgehead atoms. The van der Waals surface area contributed by atoms with Crippen LogP contribution in [0.3, 0.4) is 0 Å². The number of carbonyl (C=O) groups is 1. The second-order valence-corrected chi connectivity index (χ2v) is 8.07. The zero-order valence-corrected chi connectivity index (χ0v) is 20.0. The summed E-state index contributed by atoms with van der Waals surface area (Å²) in [7, 11) is 3.03. The van der Waals surface area contributed by atoms with Gasteiger partial charge in [-0.3, -0.25) is 14.6 Å². The summed E-state index contributed by atoms with van der Waals surface area (Å²) >= 11 is 0. The summed E-state index contributed by atoms with van der Waals surface area (Å²) in [6.45, 7) is 4.31. The minimum Gasteiger partial charge on any atom is -0.493 e. The first-order valence-corrected chi connectivity index (χ1v) is 11.1. The number of fused-ring (bicyclic) bond motifs is 1. The Bertz CT molecular complexity index is 1400. The van der Waals surface area contributed by atoms with Crippen LogP contribution in [0.4, 0.5) is 5.95 Å². The molecule has 0 fully saturated rings. The van der Waals surface area contributed by atoms with Crippen LogP contribution in [0.15, 0.2) is 47.5 Å². The van der Waals surface area contributed by atoms with Crippen molar-refractivity contribution < 1.29 is 14.3 Å². The molecule has 35 heavy (non-hydrogen) atoms. The van der Waals surface area contributed by atoms with Gasteiger partial charge in [0.05, 0.1) is 48.8 Å². The van der Waals surface area contributed by atoms with E-state index in [0.29, 0.717) is 52.6 Å². The number of hydrogen-bond acceptors (Lipinski definition) is 8. The van der Waals surface area contributed by atoms with E-state index in [4.69, 9.17) is 9.47 Å². The van der Waals surface area contributed by atoms with Crippen molar-refractivity contribution in [1.29, 1.82) is 0 Å². The number of rotatable bonds is 9. The third-order valence-corrected chi connectivity index (χ3v) is 5.49. The van der Waals surface area contributed by atoms with Gasteiger partial charge in [-0.2, -0.15) is 15.0 Å². The van der Waals surface area contributed by atoms with Gasteiger partial charge in [0.2, 0.25) is 5.95 Å². The van der Waals surface area contributed by atoms with Crippen molar-refractivity contribution in [1.82, 2.24) is 30.3 Å². The number of aryl methyl sites for hydroxylation is 1. The van der Waals surface area contributed by atoms with Gasteiger partial charge in [-0.15, -0.1) is 0 Å². The maximum absolute atomic E-state index is 13.0. The summed E-state index contributed by atoms with van der Waals surface area (Å²) in [4.78, 5) is 34.1. The number of aromatic amines is 1. The van der Waals surface area contributed by atoms with Gasteiger partial charge in [0.15, 0.2) is 11.5 Å². The van der Waals surface area contributed by atoms with Gasteiger partial charge in [0.25, 0.3) is 11.5 Å². The van der Waals surface area contributed by atoms with E-state index < -0.39 is 0 Å². The van der Waals surface area contributed by atoms with Crippen molar-refractivity contribution in [2.24, 2.45) is 0 Å². The van der Waals surface area contributed by atoms with Crippen LogP contribution in [0.1, 0.15) is 29.3 Å². The Balaban J connectivity index is 1.41. The van der Waals surface area contributed by atoms with Crippen molar-refractivity contribution in [3.05, 3.63) is 64.2 Å². The van der Waals surface area contributed by atoms with Crippen molar-refractivity contribution in [2.45, 2.75) is 26.3 Å². The number of amides is 1. The molecule has 0 saturated carbocycles. The van der Waals surface area contributed by atoms with E-state index >= 15 is 0 Å². The highest BCUT2D eigenvalue weighted by molar-refractivity contribution is 5.98. The molecule has 11 nitrogen and oxygen atoms in total. The zero-order chi connectivity index (χ0) is 24.9. The lowest BCUT2D eigenvalue weighted by molar-refractivity contribution is 0.0938. The number of ether oxygens (including phenoxy) is 2. The number of methoxy groups -OCH3 is 2. The molecule has 1 amide bonds. The molecule has 2 aromatic carbocycles. The van der Waals surface area contributed by atoms with Crippen LogP contribution in [0.5, 0.6) is 11.5 Å². The van der Waals surface area contributed by atoms with Gasteiger partial charge in [0.1, 0.15) is 0 Å². The van der Waals surface area contributed by atoms with Crippen molar-refractivity contribution in [3.63, 3.8) is 0 Å². The lowest BCUT2D eigenvalue weighted by atomic mass is 10.1. The third-order valence-electron chi connectivity index (χ3n) is 5.49. The Labute approximate surface area is 201 Å². The third kappa shape index (κ3) is 5.24. The summed E-state index contributed by atoms with van der Waals surface area (Å²) in [6, 6.07) is 8.65. The molecule has 3 N–H and O–H groups in total. The monoisotopic (exact) mass is 477 g/mol. The minimum absolute atomic E-state index is 0.148. The number of aromatic nitrogens is 5. The number of benzene rings is 2. The van der Waals surface area contributed by atoms with E-state index in [0.717, 1.165) is 5.56 Å². The normalized spacial score (nSPS) is 11.8. The highest BCUT2D eigenvalue weighted by Crippen LogP contribution is 2.30. The van der Waals surface area contributed by atoms with E-state index in [-0.39, 0.29) is 17.5 Å². The number of carbonyl (C=O) groups excluding carboxylic acids is 1. The molecule has 0 aliphatic carbocycles. The number of anilines is 1. The molecule has 0 aliphatic rings. The van der Waals surface area contributed by atoms with Gasteiger partial charge in [0, 0.05) is 18.7 Å². The Morgan fingerprint density at radius 1 is 1.11 bits per heavy atom. The fourth-order valence-corrected chi connectivity index (χ4v) is 3.68. The molecular weight excluding hydrogens is 450 g/mol. The SMILES string of the molecule is COc1cc2nc(NCCC(C)NC(=O)c3cc(C)ccc3-n3nccn3)[nH]c(=O)c2cc1OC. The minimum atomic E-state index is -0.293. The first-order valence-electron chi connectivity index (χ1n) is 11.1. The second-order valence-electron chi connectivity index (χ2n) is 8.07. The second kappa shape index (κ2) is 10.2. The summed E-state index contributed by atoms with van der Waals surface area (Å²) in [5.74, 6) is 1.06. The predicted molar refractivity (Wildman–Crippen MR) is 132 cm³/mol. The van der Waals surface area contributed by atoms with Gasteiger partial charge in [-0.05, 0) is 38.5 Å². The lowest BCUT2D eigenvalue weighted by Gasteiger charge is -2.16. The molecule has 0 spiro atoms. The Morgan fingerprint density at radius 2 is 1.83 bits per heavy atom. The molecule has 0 radical (unpaired) electrons. The molecule has 11 heteroatoms. The molecule has 1 unspecified atom stereocenters. The van der Waals surface area contributed by atoms with Crippen LogP contribution >= 0.6 is 0 Å². The first kappa shape index (κ1) is 23.7. The Morgan fingerprint density at radius 3 is 2.54 bits per heavy atom. The fourth-order valence-electron chi connectivity index (χ4n) is 3.68. The summed E-state index contributed by atoms with van der Waals surface area (Å²) in [6.07, 6.45) is 3.72. The van der Waals surface area contributed by atoms with E-state index in [9.17, 15) is 9.59 Å². The summed E-state index contributed by atoms with van der Waals surface area (Å²) in [5, 5.41) is 14.8. The van der Waals surface area contributed by atoms with Crippen molar-refractivity contribution in [3.8, 4) is 17.2 Å². The molecular formula is C24H27N7O4. The Kier molecular flexibility index (Phi) is 6.95. The molecule has 2 heterocycles. The maximum Gasteiger partial charge on any atom is 0.260 e. The highest BCUT2D eigenvalue weighted by Gasteiger charge is 2.17. The number of hydrogen-bond donors (Lipinski definition) is 3. The zero-order valence-electron chi connectivity index (χ0n) is 20.0. The van der Waals surface area contributed by atoms with Gasteiger partial charge < -0.3 is 20.1 Å². The van der Waals surface area contributed by atoms with E-state index in [1.807, 2.05) is 32.0 Å². The first-order chi connectivity index (χ1) is 16.9. The Hall–Kier alpha value is -4.41. The largest absolute Gasteiger partial charge is 0.493 e. The molecule has 182 valence electrons. The fraction of sp³-hybridized carbons (Fsp3) is 0.292. The molecule has 2 aromatic heterocycles. The predicted octanol–water partition coefficient (Wildman–Crippen LogP) is 2.45. The molecule has 1 atom stereocenters. The molecule has 0 aliphatic heterocycles. The average Bonchev–Trinajstić information content (AvgIpc) is 3.38. The van der Waals surface area contributed by atoms with E-state index in [1.165, 1.54) is 19.0 Å². The van der Waals surface area contributed by atoms with E-state index in [2.05, 4.69) is 30.8 Å². The van der Waals surface area contributed by atoms with Gasteiger partial charge >= 0.3 is 0 Å². The lowest BCUT2D eigenvalue weighted by Crippen LogP contribution is -2.34. The summed E-state index contributed by atoms with van der Waals surface area (Å²) < 4.78 is 10.6. The standard InChI is InChI=1S/C24H27N7O4/c1-14-5-6-19(31-26-9-10-27-31)17(11-14)23(33)28-15(2)7-8-25-24-29-18-13-21(35-4)20(34-3)12-16(18)22(32)30-24/h5-6,9-13,15H,7-8H2,1-4H3,(H,28,33)(H2,25,29,30,32). The van der Waals surface area contributed by atoms with Crippen molar-refractivity contribution >= 4 is 22.8 Å². The van der Waals surface area contributed by atoms with Crippen LogP contribution < -0.4 is 25.7 Å². The highest BCUT2D eigenvalue weighted by atomic mass is 16.5. The van der Waals surface area contributed by atoms with E-state index in [1.54, 1.807) is 24.5 Å². The smallest absolute Gasteiger partial charge is 0.260 e. The van der Waals surface area contributed by atoms with Crippen LogP contribution in [-0.2, 0) is 0 Å². The maximum atomic E-state index is 13.0. The van der Waals surface area contributed by atoms with Crippen LogP contribution in [-0.4, -0.2) is 57.7 Å². The van der Waals surface area contributed by atoms with Crippen molar-refractivity contribution in [2.75, 3.05) is 26.1 Å². The quantitative estimate of drug-likeness (QED) is 0.334. The average molecular weight is 478 g/mol. The summed E-state index contributed by atoms with van der Waals surface area (Å²) in [5.41, 5.74) is 2.24. The molecule has 0 saturated heterocycles. The van der Waals surface area contributed by atoms with Gasteiger partial charge in [-0.25, -0.2) is 4.98 Å². The van der Waals surface area contributed by atoms with Crippen LogP contribution in [0.25, 0.3) is 16.6 Å². The van der Waals surface area contributed by atoms with Crippen LogP contribution in [0.2, 0.25) is 0 Å². The van der Waals surface area contributed by atoms with Gasteiger partial charge in [-0.1, -0.05) is 11.6 Å². The van der Waals surface area contributed by atoms with Crippen LogP contribution in [0, 0.1) is 6.92 Å². The molecule has 4 rings (SSSR count). The topological polar surface area (TPSA) is 136 Å².